The Kier molecular flexibility index (Phi) is 5.86. The normalized spacial score (nSPS) is 20.4. The maximum absolute atomic E-state index is 14.8. The summed E-state index contributed by atoms with van der Waals surface area (Å²) in [5.41, 5.74) is 1.34. The van der Waals surface area contributed by atoms with Crippen LogP contribution in [0, 0.1) is 17.5 Å². The average molecular weight is 481 g/mol. The van der Waals surface area contributed by atoms with Crippen LogP contribution in [0.25, 0.3) is 0 Å². The molecule has 30 heavy (non-hydrogen) atoms. The first-order chi connectivity index (χ1) is 14.3. The van der Waals surface area contributed by atoms with Gasteiger partial charge in [0.1, 0.15) is 5.82 Å². The van der Waals surface area contributed by atoms with Crippen molar-refractivity contribution in [3.8, 4) is 0 Å². The highest BCUT2D eigenvalue weighted by molar-refractivity contribution is 9.10. The van der Waals surface area contributed by atoms with Gasteiger partial charge < -0.3 is 4.90 Å². The molecular formula is C22H20BrF3N2O2. The lowest BCUT2D eigenvalue weighted by atomic mass is 9.85. The van der Waals surface area contributed by atoms with Crippen molar-refractivity contribution >= 4 is 33.4 Å². The first kappa shape index (κ1) is 20.9. The minimum absolute atomic E-state index is 0.0413. The number of anilines is 1. The van der Waals surface area contributed by atoms with E-state index in [1.165, 1.54) is 18.2 Å². The lowest BCUT2D eigenvalue weighted by molar-refractivity contribution is -0.134. The van der Waals surface area contributed by atoms with Gasteiger partial charge in [-0.15, -0.1) is 0 Å². The van der Waals surface area contributed by atoms with Gasteiger partial charge in [0, 0.05) is 19.5 Å². The van der Waals surface area contributed by atoms with Crippen molar-refractivity contribution in [2.24, 2.45) is 0 Å². The summed E-state index contributed by atoms with van der Waals surface area (Å²) in [5.74, 6) is -3.44. The third kappa shape index (κ3) is 3.97. The van der Waals surface area contributed by atoms with E-state index in [-0.39, 0.29) is 34.2 Å². The molecule has 2 aliphatic heterocycles. The van der Waals surface area contributed by atoms with Crippen molar-refractivity contribution in [1.82, 2.24) is 5.32 Å². The molecule has 2 amide bonds. The fourth-order valence-electron chi connectivity index (χ4n) is 4.29. The summed E-state index contributed by atoms with van der Waals surface area (Å²) in [6, 6.07) is 7.85. The Bertz CT molecular complexity index is 1010. The zero-order valence-electron chi connectivity index (χ0n) is 16.1. The van der Waals surface area contributed by atoms with Gasteiger partial charge in [-0.1, -0.05) is 12.1 Å². The molecule has 2 aliphatic rings. The number of rotatable bonds is 3. The van der Waals surface area contributed by atoms with E-state index in [2.05, 4.69) is 21.2 Å². The minimum atomic E-state index is -0.912. The third-order valence-corrected chi connectivity index (χ3v) is 6.57. The van der Waals surface area contributed by atoms with E-state index in [1.807, 2.05) is 0 Å². The highest BCUT2D eigenvalue weighted by Gasteiger charge is 2.30. The maximum Gasteiger partial charge on any atom is 0.234 e. The topological polar surface area (TPSA) is 49.4 Å². The molecule has 4 rings (SSSR count). The number of hydrogen-bond acceptors (Lipinski definition) is 3. The smallest absolute Gasteiger partial charge is 0.234 e. The number of hydrogen-bond donors (Lipinski definition) is 1. The van der Waals surface area contributed by atoms with Crippen molar-refractivity contribution in [2.75, 3.05) is 18.0 Å². The van der Waals surface area contributed by atoms with E-state index in [4.69, 9.17) is 0 Å². The molecule has 1 unspecified atom stereocenters. The number of imide groups is 1. The third-order valence-electron chi connectivity index (χ3n) is 5.96. The van der Waals surface area contributed by atoms with Gasteiger partial charge in [0.2, 0.25) is 11.8 Å². The van der Waals surface area contributed by atoms with Crippen molar-refractivity contribution in [2.45, 2.75) is 37.5 Å². The predicted molar refractivity (Wildman–Crippen MR) is 110 cm³/mol. The first-order valence-electron chi connectivity index (χ1n) is 9.86. The van der Waals surface area contributed by atoms with Crippen LogP contribution < -0.4 is 10.2 Å². The van der Waals surface area contributed by atoms with Crippen LogP contribution in [0.3, 0.4) is 0 Å². The van der Waals surface area contributed by atoms with Crippen LogP contribution in [0.1, 0.15) is 48.6 Å². The molecule has 0 aliphatic carbocycles. The Morgan fingerprint density at radius 2 is 1.70 bits per heavy atom. The molecular weight excluding hydrogens is 461 g/mol. The fraction of sp³-hybridized carbons (Fsp3) is 0.364. The lowest BCUT2D eigenvalue weighted by Crippen LogP contribution is -2.39. The molecule has 1 N–H and O–H groups in total. The second-order valence-electron chi connectivity index (χ2n) is 7.74. The number of halogens is 4. The van der Waals surface area contributed by atoms with Crippen molar-refractivity contribution in [1.29, 1.82) is 0 Å². The summed E-state index contributed by atoms with van der Waals surface area (Å²) in [7, 11) is 0. The van der Waals surface area contributed by atoms with Gasteiger partial charge in [0.25, 0.3) is 0 Å². The molecule has 0 saturated carbocycles. The van der Waals surface area contributed by atoms with Crippen LogP contribution in [-0.4, -0.2) is 24.9 Å². The molecule has 2 aromatic rings. The molecule has 1 atom stereocenters. The molecule has 4 nitrogen and oxygen atoms in total. The quantitative estimate of drug-likeness (QED) is 0.508. The van der Waals surface area contributed by atoms with E-state index in [0.717, 1.165) is 0 Å². The van der Waals surface area contributed by atoms with Crippen LogP contribution in [0.5, 0.6) is 0 Å². The van der Waals surface area contributed by atoms with Crippen LogP contribution in [0.4, 0.5) is 18.9 Å². The number of carbonyl (C=O) groups is 2. The predicted octanol–water partition coefficient (Wildman–Crippen LogP) is 4.77. The Hall–Kier alpha value is -2.35. The number of amides is 2. The number of piperidine rings is 2. The minimum Gasteiger partial charge on any atom is -0.369 e. The summed E-state index contributed by atoms with van der Waals surface area (Å²) < 4.78 is 43.0. The summed E-state index contributed by atoms with van der Waals surface area (Å²) in [4.78, 5) is 25.1. The van der Waals surface area contributed by atoms with E-state index in [0.29, 0.717) is 43.5 Å². The molecule has 0 spiro atoms. The SMILES string of the molecule is O=C1CCC(c2ccc(C3CCN(c4ccc(Br)c(F)c4F)CC3)c(F)c2)C(=O)N1. The second-order valence-corrected chi connectivity index (χ2v) is 8.59. The Morgan fingerprint density at radius 3 is 2.37 bits per heavy atom. The average Bonchev–Trinajstić information content (AvgIpc) is 2.72. The van der Waals surface area contributed by atoms with Gasteiger partial charge in [-0.2, -0.15) is 0 Å². The molecule has 2 saturated heterocycles. The molecule has 0 radical (unpaired) electrons. The number of benzene rings is 2. The van der Waals surface area contributed by atoms with Gasteiger partial charge in [-0.05, 0) is 70.4 Å². The van der Waals surface area contributed by atoms with Crippen molar-refractivity contribution in [3.05, 3.63) is 63.4 Å². The highest BCUT2D eigenvalue weighted by atomic mass is 79.9. The number of carbonyl (C=O) groups excluding carboxylic acids is 2. The largest absolute Gasteiger partial charge is 0.369 e. The molecule has 8 heteroatoms. The fourth-order valence-corrected chi connectivity index (χ4v) is 4.60. The standard InChI is InChI=1S/C22H20BrF3N2O2/c23-16-4-5-18(21(26)20(16)25)28-9-7-12(8-10-28)14-2-1-13(11-17(14)24)15-3-6-19(29)27-22(15)30/h1-2,4-5,11-12,15H,3,6-10H2,(H,27,29,30). The van der Waals surface area contributed by atoms with E-state index >= 15 is 0 Å². The lowest BCUT2D eigenvalue weighted by Gasteiger charge is -2.34. The molecule has 2 aromatic carbocycles. The van der Waals surface area contributed by atoms with Crippen LogP contribution >= 0.6 is 15.9 Å². The zero-order valence-corrected chi connectivity index (χ0v) is 17.6. The van der Waals surface area contributed by atoms with Crippen molar-refractivity contribution < 1.29 is 22.8 Å². The van der Waals surface area contributed by atoms with Gasteiger partial charge in [-0.3, -0.25) is 14.9 Å². The summed E-state index contributed by atoms with van der Waals surface area (Å²) in [6.07, 6.45) is 1.82. The van der Waals surface area contributed by atoms with Crippen LogP contribution in [0.2, 0.25) is 0 Å². The Morgan fingerprint density at radius 1 is 0.967 bits per heavy atom. The van der Waals surface area contributed by atoms with Gasteiger partial charge in [0.15, 0.2) is 11.6 Å². The Balaban J connectivity index is 1.46. The van der Waals surface area contributed by atoms with Gasteiger partial charge in [0.05, 0.1) is 16.1 Å². The van der Waals surface area contributed by atoms with E-state index < -0.39 is 23.5 Å². The van der Waals surface area contributed by atoms with Crippen LogP contribution in [-0.2, 0) is 9.59 Å². The first-order valence-corrected chi connectivity index (χ1v) is 10.7. The molecule has 2 fully saturated rings. The maximum atomic E-state index is 14.8. The van der Waals surface area contributed by atoms with E-state index in [1.54, 1.807) is 17.0 Å². The molecule has 2 heterocycles. The van der Waals surface area contributed by atoms with E-state index in [9.17, 15) is 22.8 Å². The monoisotopic (exact) mass is 480 g/mol. The molecule has 0 bridgehead atoms. The van der Waals surface area contributed by atoms with Crippen molar-refractivity contribution in [3.63, 3.8) is 0 Å². The number of nitrogens with zero attached hydrogens (tertiary/aromatic N) is 1. The number of nitrogens with one attached hydrogen (secondary N) is 1. The van der Waals surface area contributed by atoms with Gasteiger partial charge >= 0.3 is 0 Å². The molecule has 158 valence electrons. The second kappa shape index (κ2) is 8.41. The summed E-state index contributed by atoms with van der Waals surface area (Å²) in [5, 5.41) is 2.29. The zero-order chi connectivity index (χ0) is 21.4. The Labute approximate surface area is 180 Å². The van der Waals surface area contributed by atoms with Gasteiger partial charge in [-0.25, -0.2) is 13.2 Å². The summed E-state index contributed by atoms with van der Waals surface area (Å²) in [6.45, 7) is 0.966. The molecule has 0 aromatic heterocycles. The summed E-state index contributed by atoms with van der Waals surface area (Å²) >= 11 is 2.98. The highest BCUT2D eigenvalue weighted by Crippen LogP contribution is 2.35. The van der Waals surface area contributed by atoms with Crippen LogP contribution in [0.15, 0.2) is 34.8 Å².